The van der Waals surface area contributed by atoms with Gasteiger partial charge in [0.2, 0.25) is 5.91 Å². The van der Waals surface area contributed by atoms with Crippen LogP contribution in [0.5, 0.6) is 11.5 Å². The fraction of sp³-hybridized carbons (Fsp3) is 0.667. The first-order valence-corrected chi connectivity index (χ1v) is 14.4. The number of nitrogens with zero attached hydrogens (tertiary/aromatic N) is 3. The van der Waals surface area contributed by atoms with Gasteiger partial charge in [0.05, 0.1) is 5.70 Å². The number of phenols is 2. The monoisotopic (exact) mass is 510 g/mol. The first-order chi connectivity index (χ1) is 17.9. The van der Waals surface area contributed by atoms with Crippen molar-refractivity contribution in [3.8, 4) is 11.5 Å². The maximum absolute atomic E-state index is 12.8. The molecule has 1 aromatic rings. The number of likely N-dealkylation sites (tertiary alicyclic amines) is 2. The average molecular weight is 511 g/mol. The summed E-state index contributed by atoms with van der Waals surface area (Å²) in [5, 5.41) is 22.8. The molecule has 1 saturated carbocycles. The third kappa shape index (κ3) is 7.81. The second kappa shape index (κ2) is 13.4. The molecule has 0 atom stereocenters. The van der Waals surface area contributed by atoms with Gasteiger partial charge in [0.1, 0.15) is 0 Å². The normalized spacial score (nSPS) is 21.4. The van der Waals surface area contributed by atoms with Crippen LogP contribution >= 0.6 is 0 Å². The van der Waals surface area contributed by atoms with Gasteiger partial charge in [0, 0.05) is 24.7 Å². The maximum Gasteiger partial charge on any atom is 0.223 e. The van der Waals surface area contributed by atoms with Crippen LogP contribution in [0.15, 0.2) is 34.5 Å². The van der Waals surface area contributed by atoms with Crippen molar-refractivity contribution >= 4 is 11.6 Å². The Hall–Kier alpha value is -2.38. The molecule has 4 rings (SSSR count). The molecule has 0 unspecified atom stereocenters. The Labute approximate surface area is 222 Å². The molecule has 1 aliphatic carbocycles. The molecular formula is C30H46N4O3. The number of allylic oxidation sites excluding steroid dienone is 1. The SMILES string of the molecule is C/C(=C(CN1CCC(C(=O)NCCCN2CCCCC2)CC1)/N=C(\C)c1ccc(O)c(O)c1)C1CCC1. The summed E-state index contributed by atoms with van der Waals surface area (Å²) in [6.07, 6.45) is 10.5. The zero-order chi connectivity index (χ0) is 26.2. The second-order valence-electron chi connectivity index (χ2n) is 11.3. The van der Waals surface area contributed by atoms with E-state index in [1.165, 1.54) is 63.3 Å². The molecule has 0 aromatic heterocycles. The summed E-state index contributed by atoms with van der Waals surface area (Å²) < 4.78 is 0. The van der Waals surface area contributed by atoms with Gasteiger partial charge in [-0.2, -0.15) is 0 Å². The largest absolute Gasteiger partial charge is 0.504 e. The summed E-state index contributed by atoms with van der Waals surface area (Å²) in [6.45, 7) is 11.1. The van der Waals surface area contributed by atoms with Crippen LogP contribution < -0.4 is 5.32 Å². The second-order valence-corrected chi connectivity index (χ2v) is 11.3. The van der Waals surface area contributed by atoms with Crippen LogP contribution in [0.2, 0.25) is 0 Å². The van der Waals surface area contributed by atoms with E-state index in [-0.39, 0.29) is 23.3 Å². The van der Waals surface area contributed by atoms with Crippen molar-refractivity contribution in [1.82, 2.24) is 15.1 Å². The summed E-state index contributed by atoms with van der Waals surface area (Å²) >= 11 is 0. The molecule has 2 saturated heterocycles. The van der Waals surface area contributed by atoms with E-state index >= 15 is 0 Å². The summed E-state index contributed by atoms with van der Waals surface area (Å²) in [7, 11) is 0. The van der Waals surface area contributed by atoms with Crippen molar-refractivity contribution < 1.29 is 15.0 Å². The van der Waals surface area contributed by atoms with Crippen LogP contribution in [0.25, 0.3) is 0 Å². The van der Waals surface area contributed by atoms with Gasteiger partial charge >= 0.3 is 0 Å². The molecule has 204 valence electrons. The Balaban J connectivity index is 1.29. The number of carbonyl (C=O) groups excluding carboxylic acids is 1. The summed E-state index contributed by atoms with van der Waals surface area (Å²) in [5.41, 5.74) is 4.12. The predicted molar refractivity (Wildman–Crippen MR) is 149 cm³/mol. The molecule has 1 aromatic carbocycles. The van der Waals surface area contributed by atoms with Gasteiger partial charge in [-0.3, -0.25) is 14.7 Å². The molecule has 7 heteroatoms. The standard InChI is InChI=1S/C30H46N4O3/c1-22(24-8-6-9-24)27(32-23(2)26-10-11-28(35)29(36)20-26)21-34-18-12-25(13-19-34)30(37)31-14-7-17-33-15-4-3-5-16-33/h10-11,20,24-25,35-36H,3-9,12-19,21H2,1-2H3,(H,31,37)/b27-22-,32-23+. The van der Waals surface area contributed by atoms with Crippen LogP contribution in [0.3, 0.4) is 0 Å². The third-order valence-corrected chi connectivity index (χ3v) is 8.60. The average Bonchev–Trinajstić information content (AvgIpc) is 2.87. The van der Waals surface area contributed by atoms with Crippen LogP contribution in [0.4, 0.5) is 0 Å². The summed E-state index contributed by atoms with van der Waals surface area (Å²) in [5.74, 6) is 0.692. The molecule has 2 heterocycles. The fourth-order valence-corrected chi connectivity index (χ4v) is 5.75. The molecule has 3 fully saturated rings. The van der Waals surface area contributed by atoms with Crippen LogP contribution in [0, 0.1) is 11.8 Å². The van der Waals surface area contributed by atoms with E-state index in [2.05, 4.69) is 22.0 Å². The molecule has 3 aliphatic rings. The Bertz CT molecular complexity index is 971. The highest BCUT2D eigenvalue weighted by Crippen LogP contribution is 2.35. The van der Waals surface area contributed by atoms with Crippen molar-refractivity contribution in [2.75, 3.05) is 45.8 Å². The number of hydrogen-bond acceptors (Lipinski definition) is 6. The molecule has 7 nitrogen and oxygen atoms in total. The van der Waals surface area contributed by atoms with Crippen molar-refractivity contribution in [2.45, 2.75) is 71.6 Å². The molecule has 2 aliphatic heterocycles. The third-order valence-electron chi connectivity index (χ3n) is 8.60. The lowest BCUT2D eigenvalue weighted by Crippen LogP contribution is -2.42. The summed E-state index contributed by atoms with van der Waals surface area (Å²) in [4.78, 5) is 22.8. The van der Waals surface area contributed by atoms with Gasteiger partial charge in [-0.05, 0) is 127 Å². The fourth-order valence-electron chi connectivity index (χ4n) is 5.75. The Morgan fingerprint density at radius 3 is 2.30 bits per heavy atom. The van der Waals surface area contributed by atoms with Crippen molar-refractivity contribution in [1.29, 1.82) is 0 Å². The number of rotatable bonds is 10. The minimum absolute atomic E-state index is 0.108. The molecule has 3 N–H and O–H groups in total. The quantitative estimate of drug-likeness (QED) is 0.242. The first kappa shape index (κ1) is 27.6. The topological polar surface area (TPSA) is 88.4 Å². The highest BCUT2D eigenvalue weighted by Gasteiger charge is 2.27. The van der Waals surface area contributed by atoms with Gasteiger partial charge in [-0.25, -0.2) is 0 Å². The van der Waals surface area contributed by atoms with Gasteiger partial charge < -0.3 is 20.4 Å². The van der Waals surface area contributed by atoms with E-state index in [9.17, 15) is 15.0 Å². The molecule has 1 amide bonds. The van der Waals surface area contributed by atoms with Gasteiger partial charge in [-0.15, -0.1) is 0 Å². The summed E-state index contributed by atoms with van der Waals surface area (Å²) in [6, 6.07) is 4.87. The number of nitrogens with one attached hydrogen (secondary N) is 1. The molecular weight excluding hydrogens is 464 g/mol. The van der Waals surface area contributed by atoms with Crippen molar-refractivity contribution in [2.24, 2.45) is 16.8 Å². The number of benzene rings is 1. The maximum atomic E-state index is 12.8. The number of aromatic hydroxyl groups is 2. The smallest absolute Gasteiger partial charge is 0.223 e. The van der Waals surface area contributed by atoms with Gasteiger partial charge in [0.25, 0.3) is 0 Å². The zero-order valence-corrected chi connectivity index (χ0v) is 22.8. The minimum atomic E-state index is -0.125. The lowest BCUT2D eigenvalue weighted by Gasteiger charge is -2.33. The van der Waals surface area contributed by atoms with Crippen LogP contribution in [-0.2, 0) is 4.79 Å². The Kier molecular flexibility index (Phi) is 10.0. The van der Waals surface area contributed by atoms with E-state index in [0.717, 1.165) is 69.0 Å². The van der Waals surface area contributed by atoms with E-state index in [0.29, 0.717) is 5.92 Å². The highest BCUT2D eigenvalue weighted by atomic mass is 16.3. The lowest BCUT2D eigenvalue weighted by molar-refractivity contribution is -0.126. The highest BCUT2D eigenvalue weighted by molar-refractivity contribution is 5.99. The Morgan fingerprint density at radius 1 is 0.919 bits per heavy atom. The predicted octanol–water partition coefficient (Wildman–Crippen LogP) is 4.69. The van der Waals surface area contributed by atoms with E-state index in [4.69, 9.17) is 4.99 Å². The minimum Gasteiger partial charge on any atom is -0.504 e. The number of aliphatic imine (C=N–C) groups is 1. The first-order valence-electron chi connectivity index (χ1n) is 14.4. The van der Waals surface area contributed by atoms with Gasteiger partial charge in [0.15, 0.2) is 11.5 Å². The Morgan fingerprint density at radius 2 is 1.65 bits per heavy atom. The number of piperidine rings is 2. The molecule has 0 spiro atoms. The van der Waals surface area contributed by atoms with Crippen molar-refractivity contribution in [3.05, 3.63) is 35.0 Å². The van der Waals surface area contributed by atoms with E-state index < -0.39 is 0 Å². The van der Waals surface area contributed by atoms with Gasteiger partial charge in [-0.1, -0.05) is 12.8 Å². The number of hydrogen-bond donors (Lipinski definition) is 3. The molecule has 0 bridgehead atoms. The lowest BCUT2D eigenvalue weighted by atomic mass is 9.79. The van der Waals surface area contributed by atoms with Crippen LogP contribution in [0.1, 0.15) is 77.2 Å². The number of phenolic OH excluding ortho intramolecular Hbond substituents is 2. The zero-order valence-electron chi connectivity index (χ0n) is 22.8. The number of amides is 1. The molecule has 0 radical (unpaired) electrons. The van der Waals surface area contributed by atoms with Crippen LogP contribution in [-0.4, -0.2) is 77.4 Å². The van der Waals surface area contributed by atoms with Crippen molar-refractivity contribution in [3.63, 3.8) is 0 Å². The van der Waals surface area contributed by atoms with E-state index in [1.54, 1.807) is 12.1 Å². The molecule has 37 heavy (non-hydrogen) atoms. The van der Waals surface area contributed by atoms with E-state index in [1.807, 2.05) is 6.92 Å². The number of carbonyl (C=O) groups is 1.